The van der Waals surface area contributed by atoms with Crippen LogP contribution in [0.15, 0.2) is 12.3 Å². The van der Waals surface area contributed by atoms with Gasteiger partial charge >= 0.3 is 0 Å². The molecule has 2 unspecified atom stereocenters. The SMILES string of the molecule is Cc1nc(NC2CC2)nc(NC2C[C@H](C(C)O)[C@@H](O)[C@H]2O)c1-c1nc2c(C)nccc2s1. The van der Waals surface area contributed by atoms with E-state index in [-0.39, 0.29) is 0 Å². The minimum absolute atomic E-state index is 0.391. The zero-order valence-electron chi connectivity index (χ0n) is 18.3. The second-order valence-electron chi connectivity index (χ2n) is 8.91. The molecule has 9 nitrogen and oxygen atoms in total. The third-order valence-corrected chi connectivity index (χ3v) is 7.41. The van der Waals surface area contributed by atoms with Crippen LogP contribution in [0.4, 0.5) is 11.8 Å². The first-order valence-electron chi connectivity index (χ1n) is 11.0. The van der Waals surface area contributed by atoms with Gasteiger partial charge < -0.3 is 26.0 Å². The van der Waals surface area contributed by atoms with Crippen molar-refractivity contribution in [1.29, 1.82) is 0 Å². The molecule has 3 aromatic rings. The third-order valence-electron chi connectivity index (χ3n) is 6.37. The summed E-state index contributed by atoms with van der Waals surface area (Å²) in [6.07, 6.45) is 1.67. The molecule has 170 valence electrons. The number of aliphatic hydroxyl groups excluding tert-OH is 3. The summed E-state index contributed by atoms with van der Waals surface area (Å²) in [6.45, 7) is 5.50. The highest BCUT2D eigenvalue weighted by atomic mass is 32.1. The molecular formula is C22H28N6O3S. The maximum absolute atomic E-state index is 10.6. The lowest BCUT2D eigenvalue weighted by atomic mass is 10.00. The Morgan fingerprint density at radius 3 is 2.50 bits per heavy atom. The number of pyridine rings is 1. The molecule has 2 aliphatic carbocycles. The zero-order chi connectivity index (χ0) is 22.6. The van der Waals surface area contributed by atoms with Crippen molar-refractivity contribution in [1.82, 2.24) is 19.9 Å². The number of nitrogens with one attached hydrogen (secondary N) is 2. The molecule has 10 heteroatoms. The summed E-state index contributed by atoms with van der Waals surface area (Å²) in [7, 11) is 0. The third kappa shape index (κ3) is 3.92. The van der Waals surface area contributed by atoms with Gasteiger partial charge in [0, 0.05) is 18.2 Å². The molecule has 0 radical (unpaired) electrons. The number of rotatable bonds is 6. The van der Waals surface area contributed by atoms with E-state index in [1.807, 2.05) is 19.9 Å². The van der Waals surface area contributed by atoms with Gasteiger partial charge in [0.15, 0.2) is 0 Å². The van der Waals surface area contributed by atoms with Crippen LogP contribution in [0.2, 0.25) is 0 Å². The number of hydrogen-bond acceptors (Lipinski definition) is 10. The normalized spacial score (nSPS) is 26.4. The predicted octanol–water partition coefficient (Wildman–Crippen LogP) is 2.24. The molecule has 32 heavy (non-hydrogen) atoms. The van der Waals surface area contributed by atoms with Gasteiger partial charge in [0.25, 0.3) is 0 Å². The van der Waals surface area contributed by atoms with Gasteiger partial charge in [0.1, 0.15) is 22.4 Å². The van der Waals surface area contributed by atoms with E-state index in [0.29, 0.717) is 24.2 Å². The first kappa shape index (κ1) is 21.4. The Bertz CT molecular complexity index is 1150. The average Bonchev–Trinajstić information content (AvgIpc) is 3.36. The number of fused-ring (bicyclic) bond motifs is 1. The Hall–Kier alpha value is -2.40. The number of thiazole rings is 1. The standard InChI is InChI=1S/C22H28N6O3S/c1-9-16(21-27-17-10(2)23-7-6-15(17)32-21)20(28-22(24-9)25-12-4-5-12)26-14-8-13(11(3)29)18(30)19(14)31/h6-7,11-14,18-19,29-31H,4-5,8H2,1-3H3,(H2,24,25,26,28)/t11?,13-,14?,18-,19+/m1/s1. The van der Waals surface area contributed by atoms with Crippen LogP contribution >= 0.6 is 11.3 Å². The van der Waals surface area contributed by atoms with Crippen molar-refractivity contribution in [2.24, 2.45) is 5.92 Å². The van der Waals surface area contributed by atoms with Crippen LogP contribution in [0.1, 0.15) is 37.6 Å². The smallest absolute Gasteiger partial charge is 0.225 e. The highest BCUT2D eigenvalue weighted by Crippen LogP contribution is 2.39. The molecule has 0 amide bonds. The second kappa shape index (κ2) is 8.18. The van der Waals surface area contributed by atoms with E-state index in [4.69, 9.17) is 9.97 Å². The van der Waals surface area contributed by atoms with Crippen LogP contribution < -0.4 is 10.6 Å². The van der Waals surface area contributed by atoms with Crippen molar-refractivity contribution >= 4 is 33.3 Å². The summed E-state index contributed by atoms with van der Waals surface area (Å²) >= 11 is 1.55. The van der Waals surface area contributed by atoms with Gasteiger partial charge in [-0.1, -0.05) is 0 Å². The molecule has 3 heterocycles. The molecule has 5 rings (SSSR count). The Morgan fingerprint density at radius 1 is 1.06 bits per heavy atom. The minimum atomic E-state index is -1.01. The number of aliphatic hydroxyl groups is 3. The predicted molar refractivity (Wildman–Crippen MR) is 124 cm³/mol. The molecule has 2 aliphatic rings. The summed E-state index contributed by atoms with van der Waals surface area (Å²) < 4.78 is 1.03. The summed E-state index contributed by atoms with van der Waals surface area (Å²) in [4.78, 5) is 18.6. The molecule has 0 spiro atoms. The highest BCUT2D eigenvalue weighted by Gasteiger charge is 2.44. The number of aromatic nitrogens is 4. The quantitative estimate of drug-likeness (QED) is 0.378. The summed E-state index contributed by atoms with van der Waals surface area (Å²) in [5.41, 5.74) is 3.26. The van der Waals surface area contributed by atoms with E-state index in [1.54, 1.807) is 24.5 Å². The number of nitrogens with zero attached hydrogens (tertiary/aromatic N) is 4. The van der Waals surface area contributed by atoms with Gasteiger partial charge in [-0.15, -0.1) is 11.3 Å². The topological polar surface area (TPSA) is 136 Å². The van der Waals surface area contributed by atoms with Crippen LogP contribution in [0, 0.1) is 19.8 Å². The maximum atomic E-state index is 10.6. The van der Waals surface area contributed by atoms with Crippen molar-refractivity contribution in [2.75, 3.05) is 10.6 Å². The largest absolute Gasteiger partial charge is 0.393 e. The number of aryl methyl sites for hydroxylation is 2. The molecule has 0 saturated heterocycles. The van der Waals surface area contributed by atoms with Crippen LogP contribution in [0.3, 0.4) is 0 Å². The lowest BCUT2D eigenvalue weighted by Gasteiger charge is -2.21. The Morgan fingerprint density at radius 2 is 1.84 bits per heavy atom. The van der Waals surface area contributed by atoms with Crippen LogP contribution in [-0.4, -0.2) is 65.7 Å². The van der Waals surface area contributed by atoms with E-state index in [0.717, 1.165) is 45.0 Å². The fourth-order valence-electron chi connectivity index (χ4n) is 4.36. The van der Waals surface area contributed by atoms with Crippen LogP contribution in [0.5, 0.6) is 0 Å². The van der Waals surface area contributed by atoms with Gasteiger partial charge in [0.05, 0.1) is 39.9 Å². The Kier molecular flexibility index (Phi) is 5.48. The van der Waals surface area contributed by atoms with Crippen molar-refractivity contribution in [3.8, 4) is 10.6 Å². The van der Waals surface area contributed by atoms with Crippen LogP contribution in [0.25, 0.3) is 20.8 Å². The zero-order valence-corrected chi connectivity index (χ0v) is 19.1. The Labute approximate surface area is 190 Å². The van der Waals surface area contributed by atoms with E-state index >= 15 is 0 Å². The van der Waals surface area contributed by atoms with E-state index in [9.17, 15) is 15.3 Å². The van der Waals surface area contributed by atoms with Crippen molar-refractivity contribution in [2.45, 2.75) is 70.4 Å². The number of anilines is 2. The van der Waals surface area contributed by atoms with Crippen molar-refractivity contribution in [3.63, 3.8) is 0 Å². The van der Waals surface area contributed by atoms with Gasteiger partial charge in [-0.3, -0.25) is 4.98 Å². The lowest BCUT2D eigenvalue weighted by Crippen LogP contribution is -2.36. The van der Waals surface area contributed by atoms with E-state index in [2.05, 4.69) is 20.6 Å². The van der Waals surface area contributed by atoms with Gasteiger partial charge in [-0.25, -0.2) is 9.97 Å². The first-order valence-corrected chi connectivity index (χ1v) is 11.8. The second-order valence-corrected chi connectivity index (χ2v) is 9.94. The Balaban J connectivity index is 1.56. The minimum Gasteiger partial charge on any atom is -0.393 e. The molecule has 3 aromatic heterocycles. The summed E-state index contributed by atoms with van der Waals surface area (Å²) in [6, 6.07) is 1.88. The van der Waals surface area contributed by atoms with Crippen molar-refractivity contribution in [3.05, 3.63) is 23.7 Å². The molecule has 2 saturated carbocycles. The van der Waals surface area contributed by atoms with Gasteiger partial charge in [-0.05, 0) is 46.1 Å². The van der Waals surface area contributed by atoms with Gasteiger partial charge in [-0.2, -0.15) is 4.98 Å². The van der Waals surface area contributed by atoms with Gasteiger partial charge in [0.2, 0.25) is 5.95 Å². The number of hydrogen-bond donors (Lipinski definition) is 5. The summed E-state index contributed by atoms with van der Waals surface area (Å²) in [5, 5.41) is 38.5. The highest BCUT2D eigenvalue weighted by molar-refractivity contribution is 7.21. The molecular weight excluding hydrogens is 428 g/mol. The van der Waals surface area contributed by atoms with Crippen molar-refractivity contribution < 1.29 is 15.3 Å². The molecule has 5 atom stereocenters. The average molecular weight is 457 g/mol. The van der Waals surface area contributed by atoms with Crippen LogP contribution in [-0.2, 0) is 0 Å². The monoisotopic (exact) mass is 456 g/mol. The molecule has 2 fully saturated rings. The maximum Gasteiger partial charge on any atom is 0.225 e. The van der Waals surface area contributed by atoms with E-state index in [1.165, 1.54) is 0 Å². The molecule has 0 bridgehead atoms. The lowest BCUT2D eigenvalue weighted by molar-refractivity contribution is -0.0162. The fraction of sp³-hybridized carbons (Fsp3) is 0.545. The first-order chi connectivity index (χ1) is 15.3. The van der Waals surface area contributed by atoms with E-state index < -0.39 is 30.3 Å². The molecule has 5 N–H and O–H groups in total. The molecule has 0 aliphatic heterocycles. The molecule has 0 aromatic carbocycles. The fourth-order valence-corrected chi connectivity index (χ4v) is 5.47. The summed E-state index contributed by atoms with van der Waals surface area (Å²) in [5.74, 6) is 0.692.